The standard InChI is InChI=1S/C22H24N4O3/c1-22(2,3)15-7-4-14(5-8-15)6-11-19(27)23-13-20(28)24-16-9-10-17-18(12-16)26-21(29)25-17/h4-12H,13H2,1-3H3,(H,23,27)(H,24,28)(H2,25,26,29)/b11-6+. The number of benzene rings is 2. The maximum absolute atomic E-state index is 12.0. The molecule has 0 atom stereocenters. The second-order valence-corrected chi connectivity index (χ2v) is 7.81. The van der Waals surface area contributed by atoms with Crippen molar-refractivity contribution in [3.8, 4) is 0 Å². The van der Waals surface area contributed by atoms with E-state index in [0.29, 0.717) is 16.7 Å². The number of H-pyrrole nitrogens is 2. The van der Waals surface area contributed by atoms with Crippen molar-refractivity contribution in [2.75, 3.05) is 11.9 Å². The number of imidazole rings is 1. The van der Waals surface area contributed by atoms with Crippen LogP contribution >= 0.6 is 0 Å². The zero-order valence-electron chi connectivity index (χ0n) is 16.6. The summed E-state index contributed by atoms with van der Waals surface area (Å²) in [5.41, 5.74) is 3.67. The molecule has 0 unspecified atom stereocenters. The second-order valence-electron chi connectivity index (χ2n) is 7.81. The first-order valence-electron chi connectivity index (χ1n) is 9.29. The summed E-state index contributed by atoms with van der Waals surface area (Å²) in [6.07, 6.45) is 3.10. The molecule has 0 bridgehead atoms. The minimum atomic E-state index is -0.362. The van der Waals surface area contributed by atoms with Crippen molar-refractivity contribution in [3.63, 3.8) is 0 Å². The Balaban J connectivity index is 1.50. The molecule has 3 rings (SSSR count). The summed E-state index contributed by atoms with van der Waals surface area (Å²) in [4.78, 5) is 40.5. The number of aromatic nitrogens is 2. The van der Waals surface area contributed by atoms with Crippen LogP contribution in [0.5, 0.6) is 0 Å². The van der Waals surface area contributed by atoms with Crippen LogP contribution in [0.15, 0.2) is 53.3 Å². The summed E-state index contributed by atoms with van der Waals surface area (Å²) in [5, 5.41) is 5.23. The molecule has 150 valence electrons. The molecule has 7 nitrogen and oxygen atoms in total. The molecule has 29 heavy (non-hydrogen) atoms. The van der Waals surface area contributed by atoms with E-state index in [2.05, 4.69) is 41.4 Å². The lowest BCUT2D eigenvalue weighted by Gasteiger charge is -2.18. The summed E-state index contributed by atoms with van der Waals surface area (Å²) in [6, 6.07) is 13.0. The Bertz CT molecular complexity index is 1120. The van der Waals surface area contributed by atoms with Crippen LogP contribution in [-0.2, 0) is 15.0 Å². The maximum Gasteiger partial charge on any atom is 0.323 e. The highest BCUT2D eigenvalue weighted by molar-refractivity contribution is 5.98. The topological polar surface area (TPSA) is 107 Å². The Morgan fingerprint density at radius 1 is 1.00 bits per heavy atom. The van der Waals surface area contributed by atoms with Crippen LogP contribution < -0.4 is 16.3 Å². The number of nitrogens with one attached hydrogen (secondary N) is 4. The number of carbonyl (C=O) groups excluding carboxylic acids is 2. The molecule has 1 heterocycles. The van der Waals surface area contributed by atoms with Crippen molar-refractivity contribution < 1.29 is 9.59 Å². The predicted molar refractivity (Wildman–Crippen MR) is 115 cm³/mol. The SMILES string of the molecule is CC(C)(C)c1ccc(/C=C/C(=O)NCC(=O)Nc2ccc3[nH]c(=O)[nH]c3c2)cc1. The Hall–Kier alpha value is -3.61. The van der Waals surface area contributed by atoms with Crippen molar-refractivity contribution in [1.29, 1.82) is 0 Å². The van der Waals surface area contributed by atoms with Crippen molar-refractivity contribution in [3.05, 3.63) is 70.2 Å². The van der Waals surface area contributed by atoms with Crippen LogP contribution in [0.3, 0.4) is 0 Å². The lowest BCUT2D eigenvalue weighted by molar-refractivity contribution is -0.121. The van der Waals surface area contributed by atoms with Crippen molar-refractivity contribution >= 4 is 34.6 Å². The number of rotatable bonds is 5. The highest BCUT2D eigenvalue weighted by atomic mass is 16.2. The summed E-state index contributed by atoms with van der Waals surface area (Å²) in [7, 11) is 0. The van der Waals surface area contributed by atoms with Gasteiger partial charge in [-0.25, -0.2) is 4.79 Å². The fraction of sp³-hybridized carbons (Fsp3) is 0.227. The number of hydrogen-bond donors (Lipinski definition) is 4. The fourth-order valence-electron chi connectivity index (χ4n) is 2.81. The highest BCUT2D eigenvalue weighted by Crippen LogP contribution is 2.22. The lowest BCUT2D eigenvalue weighted by Crippen LogP contribution is -2.31. The van der Waals surface area contributed by atoms with Gasteiger partial charge in [0.15, 0.2) is 0 Å². The van der Waals surface area contributed by atoms with E-state index in [9.17, 15) is 14.4 Å². The number of amides is 2. The molecular formula is C22H24N4O3. The van der Waals surface area contributed by atoms with E-state index >= 15 is 0 Å². The summed E-state index contributed by atoms with van der Waals surface area (Å²) in [5.74, 6) is -0.719. The van der Waals surface area contributed by atoms with Gasteiger partial charge in [0, 0.05) is 11.8 Å². The van der Waals surface area contributed by atoms with Crippen LogP contribution in [0.1, 0.15) is 31.9 Å². The average molecular weight is 392 g/mol. The van der Waals surface area contributed by atoms with Crippen molar-refractivity contribution in [2.45, 2.75) is 26.2 Å². The van der Waals surface area contributed by atoms with Gasteiger partial charge in [0.05, 0.1) is 17.6 Å². The molecule has 4 N–H and O–H groups in total. The Labute approximate surface area is 168 Å². The molecule has 0 fully saturated rings. The molecule has 2 amide bonds. The molecule has 0 aliphatic heterocycles. The maximum atomic E-state index is 12.0. The van der Waals surface area contributed by atoms with Crippen molar-refractivity contribution in [1.82, 2.24) is 15.3 Å². The van der Waals surface area contributed by atoms with Crippen LogP contribution in [0.2, 0.25) is 0 Å². The smallest absolute Gasteiger partial charge is 0.323 e. The van der Waals surface area contributed by atoms with Gasteiger partial charge in [0.2, 0.25) is 11.8 Å². The van der Waals surface area contributed by atoms with Crippen molar-refractivity contribution in [2.24, 2.45) is 0 Å². The van der Waals surface area contributed by atoms with Gasteiger partial charge in [-0.15, -0.1) is 0 Å². The van der Waals surface area contributed by atoms with Gasteiger partial charge >= 0.3 is 5.69 Å². The molecule has 0 saturated carbocycles. The van der Waals surface area contributed by atoms with E-state index in [1.807, 2.05) is 24.3 Å². The van der Waals surface area contributed by atoms with Crippen LogP contribution in [0.4, 0.5) is 5.69 Å². The van der Waals surface area contributed by atoms with E-state index in [-0.39, 0.29) is 29.5 Å². The third kappa shape index (κ3) is 5.44. The summed E-state index contributed by atoms with van der Waals surface area (Å²) < 4.78 is 0. The Kier molecular flexibility index (Phi) is 5.68. The van der Waals surface area contributed by atoms with E-state index in [1.165, 1.54) is 11.6 Å². The first-order chi connectivity index (χ1) is 13.7. The monoisotopic (exact) mass is 392 g/mol. The minimum absolute atomic E-state index is 0.0773. The molecule has 0 aliphatic rings. The van der Waals surface area contributed by atoms with Gasteiger partial charge < -0.3 is 20.6 Å². The quantitative estimate of drug-likeness (QED) is 0.502. The molecule has 0 radical (unpaired) electrons. The number of anilines is 1. The zero-order chi connectivity index (χ0) is 21.0. The lowest BCUT2D eigenvalue weighted by atomic mass is 9.87. The molecule has 0 saturated heterocycles. The Morgan fingerprint density at radius 2 is 1.69 bits per heavy atom. The minimum Gasteiger partial charge on any atom is -0.343 e. The zero-order valence-corrected chi connectivity index (χ0v) is 16.6. The molecule has 0 spiro atoms. The third-order valence-corrected chi connectivity index (χ3v) is 4.43. The molecule has 2 aromatic carbocycles. The Morgan fingerprint density at radius 3 is 2.38 bits per heavy atom. The molecule has 7 heteroatoms. The first kappa shape index (κ1) is 20.1. The van der Waals surface area contributed by atoms with Gasteiger partial charge in [-0.2, -0.15) is 0 Å². The molecular weight excluding hydrogens is 368 g/mol. The number of fused-ring (bicyclic) bond motifs is 1. The van der Waals surface area contributed by atoms with Crippen LogP contribution in [0.25, 0.3) is 17.1 Å². The van der Waals surface area contributed by atoms with Gasteiger partial charge in [-0.1, -0.05) is 45.0 Å². The van der Waals surface area contributed by atoms with E-state index in [0.717, 1.165) is 5.56 Å². The van der Waals surface area contributed by atoms with Crippen LogP contribution in [-0.4, -0.2) is 28.3 Å². The summed E-state index contributed by atoms with van der Waals surface area (Å²) >= 11 is 0. The van der Waals surface area contributed by atoms with Crippen LogP contribution in [0, 0.1) is 0 Å². The largest absolute Gasteiger partial charge is 0.343 e. The average Bonchev–Trinajstić information content (AvgIpc) is 3.03. The molecule has 0 aliphatic carbocycles. The van der Waals surface area contributed by atoms with E-state index in [4.69, 9.17) is 0 Å². The highest BCUT2D eigenvalue weighted by Gasteiger charge is 2.12. The molecule has 1 aromatic heterocycles. The number of hydrogen-bond acceptors (Lipinski definition) is 3. The van der Waals surface area contributed by atoms with E-state index in [1.54, 1.807) is 24.3 Å². The normalized spacial score (nSPS) is 11.7. The predicted octanol–water partition coefficient (Wildman–Crippen LogP) is 2.92. The van der Waals surface area contributed by atoms with E-state index < -0.39 is 0 Å². The second kappa shape index (κ2) is 8.18. The fourth-order valence-corrected chi connectivity index (χ4v) is 2.81. The van der Waals surface area contributed by atoms with Gasteiger partial charge in [-0.05, 0) is 40.8 Å². The number of carbonyl (C=O) groups is 2. The van der Waals surface area contributed by atoms with Gasteiger partial charge in [0.1, 0.15) is 0 Å². The number of aromatic amines is 2. The first-order valence-corrected chi connectivity index (χ1v) is 9.29. The summed E-state index contributed by atoms with van der Waals surface area (Å²) in [6.45, 7) is 6.28. The van der Waals surface area contributed by atoms with Gasteiger partial charge in [0.25, 0.3) is 0 Å². The third-order valence-electron chi connectivity index (χ3n) is 4.43. The van der Waals surface area contributed by atoms with Gasteiger partial charge in [-0.3, -0.25) is 9.59 Å². The molecule has 3 aromatic rings.